The number of aryl methyl sites for hydroxylation is 2. The maximum Gasteiger partial charge on any atom is 0.0488 e. The first-order valence-electron chi connectivity index (χ1n) is 3.80. The molecular formula is C10H13NS. The molecule has 2 heteroatoms. The Balaban J connectivity index is 3.22. The van der Waals surface area contributed by atoms with Crippen LogP contribution in [0.5, 0.6) is 0 Å². The second-order valence-electron chi connectivity index (χ2n) is 2.73. The maximum atomic E-state index is 5.90. The molecule has 0 aliphatic carbocycles. The Morgan fingerprint density at radius 1 is 1.33 bits per heavy atom. The number of nitrogens with two attached hydrogens (primary N) is 1. The minimum absolute atomic E-state index is 0.875. The fourth-order valence-corrected chi connectivity index (χ4v) is 1.76. The van der Waals surface area contributed by atoms with Crippen molar-refractivity contribution in [3.63, 3.8) is 0 Å². The summed E-state index contributed by atoms with van der Waals surface area (Å²) in [4.78, 5) is 1.13. The molecule has 0 aromatic heterocycles. The molecule has 1 rings (SSSR count). The summed E-state index contributed by atoms with van der Waals surface area (Å²) in [7, 11) is 0. The van der Waals surface area contributed by atoms with Gasteiger partial charge in [0, 0.05) is 10.6 Å². The van der Waals surface area contributed by atoms with E-state index < -0.39 is 0 Å². The molecule has 1 aromatic carbocycles. The van der Waals surface area contributed by atoms with Crippen LogP contribution in [-0.4, -0.2) is 0 Å². The molecule has 0 fully saturated rings. The van der Waals surface area contributed by atoms with E-state index in [2.05, 4.69) is 19.6 Å². The minimum Gasteiger partial charge on any atom is -0.398 e. The first-order valence-corrected chi connectivity index (χ1v) is 4.68. The number of thioether (sulfide) groups is 1. The van der Waals surface area contributed by atoms with E-state index in [1.807, 2.05) is 13.0 Å². The third kappa shape index (κ3) is 1.64. The van der Waals surface area contributed by atoms with Crippen LogP contribution in [0.15, 0.2) is 29.0 Å². The van der Waals surface area contributed by atoms with Crippen LogP contribution in [0.3, 0.4) is 0 Å². The zero-order chi connectivity index (χ0) is 9.14. The van der Waals surface area contributed by atoms with Gasteiger partial charge in [0.1, 0.15) is 0 Å². The first-order chi connectivity index (χ1) is 5.66. The van der Waals surface area contributed by atoms with Gasteiger partial charge >= 0.3 is 0 Å². The van der Waals surface area contributed by atoms with Crippen molar-refractivity contribution in [1.82, 2.24) is 0 Å². The molecule has 0 amide bonds. The van der Waals surface area contributed by atoms with E-state index >= 15 is 0 Å². The van der Waals surface area contributed by atoms with E-state index in [1.54, 1.807) is 17.2 Å². The number of benzene rings is 1. The van der Waals surface area contributed by atoms with Gasteiger partial charge in [-0.1, -0.05) is 30.5 Å². The van der Waals surface area contributed by atoms with Gasteiger partial charge < -0.3 is 5.73 Å². The summed E-state index contributed by atoms with van der Waals surface area (Å²) in [5, 5.41) is 1.80. The molecule has 0 atom stereocenters. The molecule has 2 N–H and O–H groups in total. The summed E-state index contributed by atoms with van der Waals surface area (Å²) >= 11 is 1.58. The van der Waals surface area contributed by atoms with Crippen molar-refractivity contribution in [3.05, 3.63) is 35.2 Å². The monoisotopic (exact) mass is 179 g/mol. The Kier molecular flexibility index (Phi) is 2.82. The number of anilines is 1. The Bertz CT molecular complexity index is 305. The van der Waals surface area contributed by atoms with Crippen molar-refractivity contribution < 1.29 is 0 Å². The molecule has 0 unspecified atom stereocenters. The molecule has 0 spiro atoms. The van der Waals surface area contributed by atoms with Gasteiger partial charge in [-0.3, -0.25) is 0 Å². The van der Waals surface area contributed by atoms with E-state index in [-0.39, 0.29) is 0 Å². The summed E-state index contributed by atoms with van der Waals surface area (Å²) in [6.45, 7) is 7.75. The van der Waals surface area contributed by atoms with E-state index in [9.17, 15) is 0 Å². The lowest BCUT2D eigenvalue weighted by Gasteiger charge is -2.08. The maximum absolute atomic E-state index is 5.90. The van der Waals surface area contributed by atoms with Crippen LogP contribution in [-0.2, 0) is 0 Å². The third-order valence-electron chi connectivity index (χ3n) is 1.81. The molecule has 0 saturated heterocycles. The summed E-state index contributed by atoms with van der Waals surface area (Å²) in [5.74, 6) is 0. The lowest BCUT2D eigenvalue weighted by molar-refractivity contribution is 1.27. The Labute approximate surface area is 77.7 Å². The number of hydrogen-bond donors (Lipinski definition) is 1. The zero-order valence-corrected chi connectivity index (χ0v) is 8.24. The lowest BCUT2D eigenvalue weighted by Crippen LogP contribution is -1.93. The first kappa shape index (κ1) is 9.20. The fraction of sp³-hybridized carbons (Fsp3) is 0.200. The van der Waals surface area contributed by atoms with Crippen molar-refractivity contribution in [2.75, 3.05) is 5.73 Å². The Hall–Kier alpha value is -0.890. The molecule has 64 valence electrons. The molecule has 0 saturated carbocycles. The van der Waals surface area contributed by atoms with E-state index in [4.69, 9.17) is 5.73 Å². The van der Waals surface area contributed by atoms with Gasteiger partial charge in [-0.25, -0.2) is 0 Å². The highest BCUT2D eigenvalue weighted by Gasteiger charge is 2.03. The Morgan fingerprint density at radius 2 is 1.92 bits per heavy atom. The van der Waals surface area contributed by atoms with Crippen LogP contribution in [0.1, 0.15) is 11.1 Å². The van der Waals surface area contributed by atoms with Crippen molar-refractivity contribution in [3.8, 4) is 0 Å². The van der Waals surface area contributed by atoms with Gasteiger partial charge in [0.2, 0.25) is 0 Å². The van der Waals surface area contributed by atoms with Crippen molar-refractivity contribution in [2.45, 2.75) is 18.7 Å². The highest BCUT2D eigenvalue weighted by molar-refractivity contribution is 8.02. The summed E-state index contributed by atoms with van der Waals surface area (Å²) in [6, 6.07) is 4.12. The second kappa shape index (κ2) is 3.68. The van der Waals surface area contributed by atoms with Crippen molar-refractivity contribution in [2.24, 2.45) is 0 Å². The number of rotatable bonds is 2. The molecular weight excluding hydrogens is 166 g/mol. The lowest BCUT2D eigenvalue weighted by atomic mass is 10.1. The second-order valence-corrected chi connectivity index (χ2v) is 3.70. The molecule has 1 aromatic rings. The standard InChI is InChI=1S/C10H13NS/c1-4-12-10-8(3)6-5-7(2)9(10)11/h4-6H,1,11H2,2-3H3. The van der Waals surface area contributed by atoms with Gasteiger partial charge in [0.15, 0.2) is 0 Å². The van der Waals surface area contributed by atoms with Gasteiger partial charge in [0.25, 0.3) is 0 Å². The largest absolute Gasteiger partial charge is 0.398 e. The predicted molar refractivity (Wildman–Crippen MR) is 56.4 cm³/mol. The van der Waals surface area contributed by atoms with Crippen LogP contribution >= 0.6 is 11.8 Å². The van der Waals surface area contributed by atoms with E-state index in [0.29, 0.717) is 0 Å². The van der Waals surface area contributed by atoms with Crippen LogP contribution < -0.4 is 5.73 Å². The molecule has 0 heterocycles. The highest BCUT2D eigenvalue weighted by atomic mass is 32.2. The minimum atomic E-state index is 0.875. The summed E-state index contributed by atoms with van der Waals surface area (Å²) < 4.78 is 0. The fourth-order valence-electron chi connectivity index (χ4n) is 1.05. The number of nitrogen functional groups attached to an aromatic ring is 1. The zero-order valence-electron chi connectivity index (χ0n) is 7.42. The van der Waals surface area contributed by atoms with Crippen LogP contribution in [0.4, 0.5) is 5.69 Å². The van der Waals surface area contributed by atoms with Gasteiger partial charge in [-0.15, -0.1) is 0 Å². The highest BCUT2D eigenvalue weighted by Crippen LogP contribution is 2.31. The smallest absolute Gasteiger partial charge is 0.0488 e. The summed E-state index contributed by atoms with van der Waals surface area (Å²) in [6.07, 6.45) is 0. The molecule has 12 heavy (non-hydrogen) atoms. The molecule has 0 aliphatic heterocycles. The molecule has 0 aliphatic rings. The Morgan fingerprint density at radius 3 is 2.50 bits per heavy atom. The van der Waals surface area contributed by atoms with Crippen molar-refractivity contribution in [1.29, 1.82) is 0 Å². The SMILES string of the molecule is C=CSc1c(C)ccc(C)c1N. The average Bonchev–Trinajstić information content (AvgIpc) is 2.06. The van der Waals surface area contributed by atoms with Crippen molar-refractivity contribution >= 4 is 17.4 Å². The molecule has 0 bridgehead atoms. The van der Waals surface area contributed by atoms with Crippen LogP contribution in [0.2, 0.25) is 0 Å². The normalized spacial score (nSPS) is 9.83. The third-order valence-corrected chi connectivity index (χ3v) is 2.76. The van der Waals surface area contributed by atoms with Gasteiger partial charge in [0.05, 0.1) is 0 Å². The summed E-state index contributed by atoms with van der Waals surface area (Å²) in [5.41, 5.74) is 9.12. The topological polar surface area (TPSA) is 26.0 Å². The average molecular weight is 179 g/mol. The van der Waals surface area contributed by atoms with Gasteiger partial charge in [-0.05, 0) is 30.4 Å². The van der Waals surface area contributed by atoms with Gasteiger partial charge in [-0.2, -0.15) is 0 Å². The van der Waals surface area contributed by atoms with Crippen LogP contribution in [0, 0.1) is 13.8 Å². The van der Waals surface area contributed by atoms with E-state index in [0.717, 1.165) is 16.1 Å². The van der Waals surface area contributed by atoms with E-state index in [1.165, 1.54) is 5.56 Å². The molecule has 0 radical (unpaired) electrons. The molecule has 1 nitrogen and oxygen atoms in total. The quantitative estimate of drug-likeness (QED) is 0.557. The number of hydrogen-bond acceptors (Lipinski definition) is 2. The van der Waals surface area contributed by atoms with Crippen LogP contribution in [0.25, 0.3) is 0 Å². The predicted octanol–water partition coefficient (Wildman–Crippen LogP) is 3.12.